The molecule has 0 amide bonds. The number of nitrogens with one attached hydrogen (secondary N) is 2. The number of hydrogen-bond acceptors (Lipinski definition) is 5. The van der Waals surface area contributed by atoms with Crippen LogP contribution >= 0.6 is 11.6 Å². The minimum atomic E-state index is 0.199. The first-order valence-corrected chi connectivity index (χ1v) is 5.72. The van der Waals surface area contributed by atoms with Crippen molar-refractivity contribution >= 4 is 28.6 Å². The summed E-state index contributed by atoms with van der Waals surface area (Å²) in [6, 6.07) is 0.390. The molecule has 2 aromatic heterocycles. The summed E-state index contributed by atoms with van der Waals surface area (Å²) in [4.78, 5) is 17.4. The number of H-pyrrole nitrogens is 1. The molecule has 1 atom stereocenters. The van der Waals surface area contributed by atoms with Crippen LogP contribution in [-0.4, -0.2) is 51.5 Å². The van der Waals surface area contributed by atoms with E-state index in [1.54, 1.807) is 6.33 Å². The standard InChI is InChI=1S/C10H15ClN6/c1-6(17(2)3)4-12-8-7-9(14-5-13-7)16-10(11)15-8/h5-6H,4H2,1-3H3,(H2,12,13,14,15,16). The van der Waals surface area contributed by atoms with Gasteiger partial charge in [-0.05, 0) is 32.6 Å². The van der Waals surface area contributed by atoms with Gasteiger partial charge in [-0.15, -0.1) is 0 Å². The first-order chi connectivity index (χ1) is 8.08. The minimum absolute atomic E-state index is 0.199. The second-order valence-electron chi connectivity index (χ2n) is 4.14. The molecule has 0 bridgehead atoms. The number of aromatic amines is 1. The van der Waals surface area contributed by atoms with Gasteiger partial charge in [0, 0.05) is 12.6 Å². The van der Waals surface area contributed by atoms with Crippen molar-refractivity contribution in [3.63, 3.8) is 0 Å². The summed E-state index contributed by atoms with van der Waals surface area (Å²) in [5, 5.41) is 3.45. The van der Waals surface area contributed by atoms with E-state index < -0.39 is 0 Å². The molecule has 0 fully saturated rings. The summed E-state index contributed by atoms with van der Waals surface area (Å²) in [6.07, 6.45) is 1.58. The molecule has 0 saturated heterocycles. The van der Waals surface area contributed by atoms with Gasteiger partial charge >= 0.3 is 0 Å². The summed E-state index contributed by atoms with van der Waals surface area (Å²) >= 11 is 5.83. The quantitative estimate of drug-likeness (QED) is 0.807. The fraction of sp³-hybridized carbons (Fsp3) is 0.500. The lowest BCUT2D eigenvalue weighted by molar-refractivity contribution is 0.326. The van der Waals surface area contributed by atoms with E-state index in [1.807, 2.05) is 14.1 Å². The summed E-state index contributed by atoms with van der Waals surface area (Å²) in [6.45, 7) is 2.90. The van der Waals surface area contributed by atoms with Crippen molar-refractivity contribution in [2.75, 3.05) is 26.0 Å². The number of fused-ring (bicyclic) bond motifs is 1. The van der Waals surface area contributed by atoms with Crippen molar-refractivity contribution in [2.24, 2.45) is 0 Å². The normalized spacial score (nSPS) is 13.2. The van der Waals surface area contributed by atoms with Crippen molar-refractivity contribution in [3.8, 4) is 0 Å². The first kappa shape index (κ1) is 12.1. The largest absolute Gasteiger partial charge is 0.367 e. The first-order valence-electron chi connectivity index (χ1n) is 5.35. The Morgan fingerprint density at radius 3 is 2.94 bits per heavy atom. The SMILES string of the molecule is CC(CNc1nc(Cl)nc2nc[nH]c12)N(C)C. The van der Waals surface area contributed by atoms with Crippen LogP contribution in [-0.2, 0) is 0 Å². The van der Waals surface area contributed by atoms with Gasteiger partial charge in [0.25, 0.3) is 0 Å². The van der Waals surface area contributed by atoms with E-state index in [1.165, 1.54) is 0 Å². The van der Waals surface area contributed by atoms with Crippen LogP contribution < -0.4 is 5.32 Å². The van der Waals surface area contributed by atoms with Crippen LogP contribution in [0, 0.1) is 0 Å². The van der Waals surface area contributed by atoms with E-state index in [0.29, 0.717) is 17.5 Å². The van der Waals surface area contributed by atoms with Gasteiger partial charge in [0.05, 0.1) is 6.33 Å². The molecule has 0 aliphatic heterocycles. The molecule has 17 heavy (non-hydrogen) atoms. The number of rotatable bonds is 4. The van der Waals surface area contributed by atoms with Crippen molar-refractivity contribution in [3.05, 3.63) is 11.6 Å². The summed E-state index contributed by atoms with van der Waals surface area (Å²) in [5.41, 5.74) is 1.35. The van der Waals surface area contributed by atoms with Crippen LogP contribution in [0.5, 0.6) is 0 Å². The molecule has 0 aliphatic carbocycles. The zero-order valence-corrected chi connectivity index (χ0v) is 10.8. The Morgan fingerprint density at radius 1 is 1.47 bits per heavy atom. The van der Waals surface area contributed by atoms with Crippen LogP contribution in [0.25, 0.3) is 11.2 Å². The highest BCUT2D eigenvalue weighted by molar-refractivity contribution is 6.28. The Morgan fingerprint density at radius 2 is 2.24 bits per heavy atom. The van der Waals surface area contributed by atoms with E-state index in [0.717, 1.165) is 12.1 Å². The Balaban J connectivity index is 2.20. The Labute approximate surface area is 104 Å². The number of imidazole rings is 1. The maximum Gasteiger partial charge on any atom is 0.226 e. The molecule has 2 N–H and O–H groups in total. The van der Waals surface area contributed by atoms with Gasteiger partial charge in [0.1, 0.15) is 5.52 Å². The van der Waals surface area contributed by atoms with Gasteiger partial charge in [0.15, 0.2) is 11.5 Å². The van der Waals surface area contributed by atoms with E-state index in [9.17, 15) is 0 Å². The highest BCUT2D eigenvalue weighted by Crippen LogP contribution is 2.18. The average Bonchev–Trinajstić information content (AvgIpc) is 2.72. The molecule has 0 aliphatic rings. The molecule has 0 aromatic carbocycles. The number of aromatic nitrogens is 4. The van der Waals surface area contributed by atoms with Crippen LogP contribution in [0.4, 0.5) is 5.82 Å². The highest BCUT2D eigenvalue weighted by atomic mass is 35.5. The number of hydrogen-bond donors (Lipinski definition) is 2. The van der Waals surface area contributed by atoms with Crippen LogP contribution in [0.2, 0.25) is 5.28 Å². The fourth-order valence-electron chi connectivity index (χ4n) is 1.36. The predicted molar refractivity (Wildman–Crippen MR) is 68.3 cm³/mol. The summed E-state index contributed by atoms with van der Waals surface area (Å²) < 4.78 is 0. The van der Waals surface area contributed by atoms with Gasteiger partial charge in [-0.1, -0.05) is 0 Å². The van der Waals surface area contributed by atoms with Gasteiger partial charge in [-0.2, -0.15) is 9.97 Å². The molecule has 1 unspecified atom stereocenters. The zero-order valence-electron chi connectivity index (χ0n) is 10.0. The molecule has 0 saturated carbocycles. The van der Waals surface area contributed by atoms with Crippen LogP contribution in [0.1, 0.15) is 6.92 Å². The third-order valence-corrected chi connectivity index (χ3v) is 2.87. The smallest absolute Gasteiger partial charge is 0.226 e. The van der Waals surface area contributed by atoms with E-state index in [-0.39, 0.29) is 5.28 Å². The molecular weight excluding hydrogens is 240 g/mol. The van der Waals surface area contributed by atoms with E-state index in [4.69, 9.17) is 11.6 Å². The Bertz CT molecular complexity index is 508. The average molecular weight is 255 g/mol. The molecule has 7 heteroatoms. The molecule has 0 spiro atoms. The van der Waals surface area contributed by atoms with Crippen molar-refractivity contribution in [1.82, 2.24) is 24.8 Å². The molecule has 2 aromatic rings. The topological polar surface area (TPSA) is 69.7 Å². The molecule has 2 heterocycles. The third-order valence-electron chi connectivity index (χ3n) is 2.70. The monoisotopic (exact) mass is 254 g/mol. The lowest BCUT2D eigenvalue weighted by Gasteiger charge is -2.20. The second kappa shape index (κ2) is 4.85. The number of likely N-dealkylation sites (N-methyl/N-ethyl adjacent to an activating group) is 1. The van der Waals surface area contributed by atoms with Gasteiger partial charge in [-0.25, -0.2) is 4.98 Å². The zero-order chi connectivity index (χ0) is 12.4. The maximum absolute atomic E-state index is 5.83. The third kappa shape index (κ3) is 2.65. The Kier molecular flexibility index (Phi) is 3.44. The number of nitrogens with zero attached hydrogens (tertiary/aromatic N) is 4. The number of anilines is 1. The fourth-order valence-corrected chi connectivity index (χ4v) is 1.53. The van der Waals surface area contributed by atoms with E-state index >= 15 is 0 Å². The highest BCUT2D eigenvalue weighted by Gasteiger charge is 2.10. The van der Waals surface area contributed by atoms with Gasteiger partial charge < -0.3 is 15.2 Å². The predicted octanol–water partition coefficient (Wildman–Crippen LogP) is 1.37. The summed E-state index contributed by atoms with van der Waals surface area (Å²) in [7, 11) is 4.07. The van der Waals surface area contributed by atoms with Gasteiger partial charge in [-0.3, -0.25) is 0 Å². The van der Waals surface area contributed by atoms with Crippen LogP contribution in [0.15, 0.2) is 6.33 Å². The van der Waals surface area contributed by atoms with Crippen molar-refractivity contribution < 1.29 is 0 Å². The van der Waals surface area contributed by atoms with Crippen molar-refractivity contribution in [1.29, 1.82) is 0 Å². The summed E-state index contributed by atoms with van der Waals surface area (Å²) in [5.74, 6) is 0.686. The molecule has 0 radical (unpaired) electrons. The number of halogens is 1. The van der Waals surface area contributed by atoms with E-state index in [2.05, 4.69) is 37.1 Å². The maximum atomic E-state index is 5.83. The van der Waals surface area contributed by atoms with Crippen molar-refractivity contribution in [2.45, 2.75) is 13.0 Å². The van der Waals surface area contributed by atoms with Gasteiger partial charge in [0.2, 0.25) is 5.28 Å². The molecule has 2 rings (SSSR count). The second-order valence-corrected chi connectivity index (χ2v) is 4.47. The Hall–Kier alpha value is -1.40. The minimum Gasteiger partial charge on any atom is -0.367 e. The lowest BCUT2D eigenvalue weighted by Crippen LogP contribution is -2.31. The molecule has 92 valence electrons. The molecular formula is C10H15ClN6. The lowest BCUT2D eigenvalue weighted by atomic mass is 10.3. The van der Waals surface area contributed by atoms with Crippen LogP contribution in [0.3, 0.4) is 0 Å². The molecule has 6 nitrogen and oxygen atoms in total.